The van der Waals surface area contributed by atoms with Gasteiger partial charge in [-0.15, -0.1) is 0 Å². The van der Waals surface area contributed by atoms with Crippen LogP contribution in [0, 0.1) is 10.5 Å². The van der Waals surface area contributed by atoms with Crippen molar-refractivity contribution in [2.24, 2.45) is 0 Å². The Morgan fingerprint density at radius 2 is 2.42 bits per heavy atom. The summed E-state index contributed by atoms with van der Waals surface area (Å²) in [6.07, 6.45) is 2.47. The number of hydrogen-bond donors (Lipinski definition) is 0. The Bertz CT molecular complexity index is 308. The smallest absolute Gasteiger partial charge is 0.0730 e. The molecule has 0 aromatic carbocycles. The molecule has 0 aliphatic carbocycles. The lowest BCUT2D eigenvalue weighted by atomic mass is 10.1. The van der Waals surface area contributed by atoms with E-state index in [1.165, 1.54) is 22.1 Å². The summed E-state index contributed by atoms with van der Waals surface area (Å²) in [5, 5.41) is 4.48. The number of rotatable bonds is 0. The maximum Gasteiger partial charge on any atom is 0.0730 e. The Kier molecular flexibility index (Phi) is 2.46. The van der Waals surface area contributed by atoms with Crippen LogP contribution in [0.5, 0.6) is 0 Å². The molecule has 2 nitrogen and oxygen atoms in total. The lowest BCUT2D eigenvalue weighted by Crippen LogP contribution is -2.13. The topological polar surface area (TPSA) is 17.8 Å². The van der Waals surface area contributed by atoms with E-state index < -0.39 is 0 Å². The molecule has 0 saturated heterocycles. The van der Waals surface area contributed by atoms with Gasteiger partial charge in [0.15, 0.2) is 0 Å². The zero-order chi connectivity index (χ0) is 8.72. The van der Waals surface area contributed by atoms with Crippen molar-refractivity contribution < 1.29 is 0 Å². The van der Waals surface area contributed by atoms with Crippen molar-refractivity contribution in [3.63, 3.8) is 0 Å². The van der Waals surface area contributed by atoms with Gasteiger partial charge >= 0.3 is 0 Å². The average molecular weight is 341 g/mol. The molecule has 0 saturated carbocycles. The molecule has 2 rings (SSSR count). The minimum atomic E-state index is 0.513. The number of aryl methyl sites for hydroxylation is 2. The zero-order valence-electron chi connectivity index (χ0n) is 6.85. The second-order valence-electron chi connectivity index (χ2n) is 3.12. The second-order valence-corrected chi connectivity index (χ2v) is 5.30. The van der Waals surface area contributed by atoms with Crippen LogP contribution in [-0.4, -0.2) is 9.78 Å². The van der Waals surface area contributed by atoms with Crippen LogP contribution in [0.15, 0.2) is 0 Å². The lowest BCUT2D eigenvalue weighted by molar-refractivity contribution is 0.481. The Balaban J connectivity index is 2.54. The number of alkyl halides is 1. The van der Waals surface area contributed by atoms with E-state index in [0.29, 0.717) is 4.83 Å². The minimum Gasteiger partial charge on any atom is -0.267 e. The molecule has 0 amide bonds. The van der Waals surface area contributed by atoms with Crippen LogP contribution in [-0.2, 0) is 6.54 Å². The third kappa shape index (κ3) is 1.32. The molecule has 0 bridgehead atoms. The summed E-state index contributed by atoms with van der Waals surface area (Å²) in [5.74, 6) is 0. The van der Waals surface area contributed by atoms with Crippen LogP contribution in [0.3, 0.4) is 0 Å². The highest BCUT2D eigenvalue weighted by atomic mass is 127. The number of fused-ring (bicyclic) bond motifs is 1. The first kappa shape index (κ1) is 8.99. The predicted octanol–water partition coefficient (Wildman–Crippen LogP) is 3.03. The van der Waals surface area contributed by atoms with E-state index in [0.717, 1.165) is 12.2 Å². The minimum absolute atomic E-state index is 0.513. The van der Waals surface area contributed by atoms with Crippen LogP contribution in [0.25, 0.3) is 0 Å². The van der Waals surface area contributed by atoms with Crippen LogP contribution in [0.2, 0.25) is 0 Å². The molecular weight excluding hydrogens is 331 g/mol. The van der Waals surface area contributed by atoms with Crippen molar-refractivity contribution in [3.8, 4) is 0 Å². The maximum atomic E-state index is 4.48. The number of hydrogen-bond acceptors (Lipinski definition) is 1. The van der Waals surface area contributed by atoms with Gasteiger partial charge in [0.25, 0.3) is 0 Å². The van der Waals surface area contributed by atoms with Gasteiger partial charge in [-0.05, 0) is 42.4 Å². The summed E-state index contributed by atoms with van der Waals surface area (Å²) in [6, 6.07) is 0. The van der Waals surface area contributed by atoms with Crippen molar-refractivity contribution >= 4 is 38.5 Å². The summed E-state index contributed by atoms with van der Waals surface area (Å²) < 4.78 is 3.47. The van der Waals surface area contributed by atoms with E-state index >= 15 is 0 Å². The molecule has 1 unspecified atom stereocenters. The van der Waals surface area contributed by atoms with Crippen LogP contribution >= 0.6 is 38.5 Å². The van der Waals surface area contributed by atoms with Gasteiger partial charge in [-0.1, -0.05) is 15.9 Å². The predicted molar refractivity (Wildman–Crippen MR) is 60.6 cm³/mol. The highest BCUT2D eigenvalue weighted by Gasteiger charge is 2.23. The quantitative estimate of drug-likeness (QED) is 0.524. The number of halogens is 2. The fourth-order valence-electron chi connectivity index (χ4n) is 1.60. The monoisotopic (exact) mass is 340 g/mol. The van der Waals surface area contributed by atoms with Gasteiger partial charge in [-0.3, -0.25) is 4.68 Å². The molecule has 12 heavy (non-hydrogen) atoms. The van der Waals surface area contributed by atoms with Gasteiger partial charge in [-0.25, -0.2) is 0 Å². The molecule has 1 aliphatic rings. The fourth-order valence-corrected chi connectivity index (χ4v) is 3.58. The first-order valence-corrected chi connectivity index (χ1v) is 6.06. The summed E-state index contributed by atoms with van der Waals surface area (Å²) >= 11 is 6.07. The molecule has 66 valence electrons. The van der Waals surface area contributed by atoms with Crippen molar-refractivity contribution in [2.45, 2.75) is 31.1 Å². The van der Waals surface area contributed by atoms with E-state index in [1.54, 1.807) is 0 Å². The van der Waals surface area contributed by atoms with Crippen LogP contribution in [0.4, 0.5) is 0 Å². The second kappa shape index (κ2) is 3.29. The maximum absolute atomic E-state index is 4.48. The number of aromatic nitrogens is 2. The van der Waals surface area contributed by atoms with E-state index in [9.17, 15) is 0 Å². The van der Waals surface area contributed by atoms with E-state index in [2.05, 4.69) is 55.2 Å². The van der Waals surface area contributed by atoms with E-state index in [4.69, 9.17) is 0 Å². The molecule has 2 heterocycles. The molecule has 0 spiro atoms. The van der Waals surface area contributed by atoms with Gasteiger partial charge in [0.05, 0.1) is 19.8 Å². The Hall–Kier alpha value is 0.420. The van der Waals surface area contributed by atoms with Crippen molar-refractivity contribution in [1.82, 2.24) is 9.78 Å². The van der Waals surface area contributed by atoms with E-state index in [-0.39, 0.29) is 0 Å². The van der Waals surface area contributed by atoms with Crippen LogP contribution in [0.1, 0.15) is 29.1 Å². The van der Waals surface area contributed by atoms with Crippen molar-refractivity contribution in [3.05, 3.63) is 15.0 Å². The standard InChI is InChI=1S/C8H10BrIN2/c1-5-7(10)8-6(9)3-2-4-12(8)11-5/h6H,2-4H2,1H3. The highest BCUT2D eigenvalue weighted by molar-refractivity contribution is 14.1. The third-order valence-electron chi connectivity index (χ3n) is 2.22. The molecular formula is C8H10BrIN2. The molecule has 1 aliphatic heterocycles. The lowest BCUT2D eigenvalue weighted by Gasteiger charge is -2.18. The van der Waals surface area contributed by atoms with Crippen LogP contribution < -0.4 is 0 Å². The Labute approximate surface area is 94.0 Å². The first-order valence-electron chi connectivity index (χ1n) is 4.07. The first-order chi connectivity index (χ1) is 5.70. The summed E-state index contributed by atoms with van der Waals surface area (Å²) in [6.45, 7) is 3.16. The third-order valence-corrected chi connectivity index (χ3v) is 4.44. The van der Waals surface area contributed by atoms with Crippen molar-refractivity contribution in [2.75, 3.05) is 0 Å². The molecule has 0 fully saturated rings. The molecule has 1 aromatic rings. The van der Waals surface area contributed by atoms with Gasteiger partial charge in [0, 0.05) is 6.54 Å². The fraction of sp³-hybridized carbons (Fsp3) is 0.625. The zero-order valence-corrected chi connectivity index (χ0v) is 10.6. The summed E-state index contributed by atoms with van der Waals surface area (Å²) in [5.41, 5.74) is 2.54. The van der Waals surface area contributed by atoms with Gasteiger partial charge in [0.2, 0.25) is 0 Å². The highest BCUT2D eigenvalue weighted by Crippen LogP contribution is 2.35. The molecule has 0 radical (unpaired) electrons. The summed E-state index contributed by atoms with van der Waals surface area (Å²) in [7, 11) is 0. The molecule has 1 aromatic heterocycles. The molecule has 1 atom stereocenters. The summed E-state index contributed by atoms with van der Waals surface area (Å²) in [4.78, 5) is 0.513. The SMILES string of the molecule is Cc1nn2c(c1I)C(Br)CCC2. The van der Waals surface area contributed by atoms with Crippen molar-refractivity contribution in [1.29, 1.82) is 0 Å². The normalized spacial score (nSPS) is 22.4. The average Bonchev–Trinajstić information content (AvgIpc) is 2.29. The van der Waals surface area contributed by atoms with Gasteiger partial charge < -0.3 is 0 Å². The Morgan fingerprint density at radius 3 is 3.08 bits per heavy atom. The molecule has 0 N–H and O–H groups in total. The Morgan fingerprint density at radius 1 is 1.67 bits per heavy atom. The van der Waals surface area contributed by atoms with Gasteiger partial charge in [0.1, 0.15) is 0 Å². The largest absolute Gasteiger partial charge is 0.267 e. The van der Waals surface area contributed by atoms with E-state index in [1.807, 2.05) is 0 Å². The van der Waals surface area contributed by atoms with Gasteiger partial charge in [-0.2, -0.15) is 5.10 Å². The number of nitrogens with zero attached hydrogens (tertiary/aromatic N) is 2. The molecule has 4 heteroatoms.